The van der Waals surface area contributed by atoms with Gasteiger partial charge in [0.15, 0.2) is 0 Å². The molecule has 2 aromatic heterocycles. The number of rotatable bonds is 7. The minimum Gasteiger partial charge on any atom is -0.304 e. The first kappa shape index (κ1) is 14.5. The molecular formula is C15H23N5. The van der Waals surface area contributed by atoms with E-state index in [1.54, 1.807) is 0 Å². The Morgan fingerprint density at radius 1 is 1.50 bits per heavy atom. The Hall–Kier alpha value is -1.88. The summed E-state index contributed by atoms with van der Waals surface area (Å²) in [5.41, 5.74) is 3.51. The maximum Gasteiger partial charge on any atom is 0.0638 e. The highest BCUT2D eigenvalue weighted by molar-refractivity contribution is 5.16. The summed E-state index contributed by atoms with van der Waals surface area (Å²) in [4.78, 5) is 0. The van der Waals surface area contributed by atoms with Crippen LogP contribution >= 0.6 is 0 Å². The van der Waals surface area contributed by atoms with Crippen LogP contribution < -0.4 is 5.32 Å². The lowest BCUT2D eigenvalue weighted by atomic mass is 10.1. The maximum absolute atomic E-state index is 4.47. The molecule has 0 aliphatic carbocycles. The van der Waals surface area contributed by atoms with E-state index >= 15 is 0 Å². The van der Waals surface area contributed by atoms with Crippen LogP contribution in [0.3, 0.4) is 0 Å². The third kappa shape index (κ3) is 3.17. The lowest BCUT2D eigenvalue weighted by Crippen LogP contribution is -2.22. The van der Waals surface area contributed by atoms with Gasteiger partial charge >= 0.3 is 0 Å². The molecule has 2 heterocycles. The highest BCUT2D eigenvalue weighted by Gasteiger charge is 2.13. The summed E-state index contributed by atoms with van der Waals surface area (Å²) in [7, 11) is 1.98. The van der Waals surface area contributed by atoms with Crippen LogP contribution in [-0.4, -0.2) is 19.6 Å². The second kappa shape index (κ2) is 6.52. The third-order valence-electron chi connectivity index (χ3n) is 3.53. The Labute approximate surface area is 120 Å². The summed E-state index contributed by atoms with van der Waals surface area (Å²) in [5, 5.41) is 12.3. The van der Waals surface area contributed by atoms with Gasteiger partial charge in [-0.05, 0) is 19.4 Å². The molecule has 5 nitrogen and oxygen atoms in total. The zero-order valence-electron chi connectivity index (χ0n) is 12.5. The summed E-state index contributed by atoms with van der Waals surface area (Å²) in [5.74, 6) is 0. The third-order valence-corrected chi connectivity index (χ3v) is 3.53. The lowest BCUT2D eigenvalue weighted by molar-refractivity contribution is 0.482. The fraction of sp³-hybridized carbons (Fsp3) is 0.467. The van der Waals surface area contributed by atoms with Crippen molar-refractivity contribution in [2.24, 2.45) is 7.05 Å². The standard InChI is InChI=1S/C15H23N5/c1-5-9-20-11-13(12(3)18-20)10-16-14(6-2)15-7-8-17-19(15)4/h5,7-8,11,14,16H,1,6,9-10H2,2-4H3. The summed E-state index contributed by atoms with van der Waals surface area (Å²) in [6, 6.07) is 2.37. The summed E-state index contributed by atoms with van der Waals surface area (Å²) in [6.45, 7) is 9.52. The number of hydrogen-bond donors (Lipinski definition) is 1. The van der Waals surface area contributed by atoms with Crippen LogP contribution in [0.4, 0.5) is 0 Å². The second-order valence-corrected chi connectivity index (χ2v) is 4.97. The monoisotopic (exact) mass is 273 g/mol. The average molecular weight is 273 g/mol. The first-order valence-electron chi connectivity index (χ1n) is 7.00. The van der Waals surface area contributed by atoms with Crippen molar-refractivity contribution >= 4 is 0 Å². The minimum absolute atomic E-state index is 0.310. The van der Waals surface area contributed by atoms with E-state index < -0.39 is 0 Å². The molecule has 0 aliphatic heterocycles. The average Bonchev–Trinajstić information content (AvgIpc) is 2.98. The molecule has 1 N–H and O–H groups in total. The molecule has 2 rings (SSSR count). The molecule has 0 amide bonds. The van der Waals surface area contributed by atoms with E-state index in [0.717, 1.165) is 25.2 Å². The van der Waals surface area contributed by atoms with E-state index in [0.29, 0.717) is 6.04 Å². The molecule has 108 valence electrons. The minimum atomic E-state index is 0.310. The van der Waals surface area contributed by atoms with Gasteiger partial charge in [-0.3, -0.25) is 9.36 Å². The molecule has 5 heteroatoms. The molecule has 0 saturated heterocycles. The zero-order chi connectivity index (χ0) is 14.5. The molecule has 0 aliphatic rings. The van der Waals surface area contributed by atoms with Crippen molar-refractivity contribution in [3.8, 4) is 0 Å². The van der Waals surface area contributed by atoms with E-state index in [4.69, 9.17) is 0 Å². The first-order chi connectivity index (χ1) is 9.65. The molecule has 0 fully saturated rings. The van der Waals surface area contributed by atoms with Crippen LogP contribution in [0, 0.1) is 6.92 Å². The van der Waals surface area contributed by atoms with Crippen LogP contribution in [0.1, 0.15) is 36.3 Å². The highest BCUT2D eigenvalue weighted by Crippen LogP contribution is 2.16. The van der Waals surface area contributed by atoms with Crippen molar-refractivity contribution in [2.45, 2.75) is 39.4 Å². The van der Waals surface area contributed by atoms with Gasteiger partial charge in [0.05, 0.1) is 17.9 Å². The fourth-order valence-electron chi connectivity index (χ4n) is 2.38. The van der Waals surface area contributed by atoms with Gasteiger partial charge in [-0.2, -0.15) is 10.2 Å². The Morgan fingerprint density at radius 3 is 2.90 bits per heavy atom. The van der Waals surface area contributed by atoms with Crippen LogP contribution in [0.2, 0.25) is 0 Å². The first-order valence-corrected chi connectivity index (χ1v) is 7.00. The number of nitrogens with one attached hydrogen (secondary N) is 1. The largest absolute Gasteiger partial charge is 0.304 e. The van der Waals surface area contributed by atoms with Gasteiger partial charge in [-0.15, -0.1) is 6.58 Å². The number of aromatic nitrogens is 4. The smallest absolute Gasteiger partial charge is 0.0638 e. The van der Waals surface area contributed by atoms with Crippen molar-refractivity contribution in [1.82, 2.24) is 24.9 Å². The fourth-order valence-corrected chi connectivity index (χ4v) is 2.38. The quantitative estimate of drug-likeness (QED) is 0.788. The predicted molar refractivity (Wildman–Crippen MR) is 80.2 cm³/mol. The van der Waals surface area contributed by atoms with Crippen LogP contribution in [-0.2, 0) is 20.1 Å². The Bertz CT molecular complexity index is 567. The Balaban J connectivity index is 2.03. The number of allylic oxidation sites excluding steroid dienone is 1. The summed E-state index contributed by atoms with van der Waals surface area (Å²) < 4.78 is 3.85. The second-order valence-electron chi connectivity index (χ2n) is 4.97. The van der Waals surface area contributed by atoms with E-state index in [-0.39, 0.29) is 0 Å². The SMILES string of the molecule is C=CCn1cc(CNC(CC)c2ccnn2C)c(C)n1. The van der Waals surface area contributed by atoms with Gasteiger partial charge in [-0.25, -0.2) is 0 Å². The van der Waals surface area contributed by atoms with Crippen molar-refractivity contribution in [2.75, 3.05) is 0 Å². The van der Waals surface area contributed by atoms with Gasteiger partial charge in [0, 0.05) is 37.6 Å². The molecule has 0 saturated carbocycles. The normalized spacial score (nSPS) is 12.6. The number of hydrogen-bond acceptors (Lipinski definition) is 3. The number of nitrogens with zero attached hydrogens (tertiary/aromatic N) is 4. The van der Waals surface area contributed by atoms with Gasteiger partial charge in [0.25, 0.3) is 0 Å². The van der Waals surface area contributed by atoms with Crippen LogP contribution in [0.15, 0.2) is 31.1 Å². The van der Waals surface area contributed by atoms with E-state index in [1.165, 1.54) is 11.3 Å². The van der Waals surface area contributed by atoms with Gasteiger partial charge in [-0.1, -0.05) is 13.0 Å². The van der Waals surface area contributed by atoms with E-state index in [1.807, 2.05) is 35.6 Å². The zero-order valence-corrected chi connectivity index (χ0v) is 12.5. The summed E-state index contributed by atoms with van der Waals surface area (Å²) in [6.07, 6.45) is 6.81. The molecule has 1 atom stereocenters. The summed E-state index contributed by atoms with van der Waals surface area (Å²) >= 11 is 0. The van der Waals surface area contributed by atoms with Crippen molar-refractivity contribution < 1.29 is 0 Å². The van der Waals surface area contributed by atoms with Crippen molar-refractivity contribution in [1.29, 1.82) is 0 Å². The molecule has 1 unspecified atom stereocenters. The molecule has 2 aromatic rings. The van der Waals surface area contributed by atoms with Crippen LogP contribution in [0.5, 0.6) is 0 Å². The van der Waals surface area contributed by atoms with E-state index in [9.17, 15) is 0 Å². The Kier molecular flexibility index (Phi) is 4.74. The molecule has 0 radical (unpaired) electrons. The molecule has 0 bridgehead atoms. The van der Waals surface area contributed by atoms with Crippen molar-refractivity contribution in [3.05, 3.63) is 48.1 Å². The maximum atomic E-state index is 4.47. The molecule has 20 heavy (non-hydrogen) atoms. The number of aryl methyl sites for hydroxylation is 2. The molecule has 0 aromatic carbocycles. The highest BCUT2D eigenvalue weighted by atomic mass is 15.3. The van der Waals surface area contributed by atoms with Gasteiger partial charge in [0.1, 0.15) is 0 Å². The molecular weight excluding hydrogens is 250 g/mol. The predicted octanol–water partition coefficient (Wildman–Crippen LogP) is 2.35. The topological polar surface area (TPSA) is 47.7 Å². The van der Waals surface area contributed by atoms with Gasteiger partial charge in [0.2, 0.25) is 0 Å². The van der Waals surface area contributed by atoms with Gasteiger partial charge < -0.3 is 5.32 Å². The van der Waals surface area contributed by atoms with Crippen molar-refractivity contribution in [3.63, 3.8) is 0 Å². The van der Waals surface area contributed by atoms with E-state index in [2.05, 4.69) is 41.3 Å². The molecule has 0 spiro atoms. The van der Waals surface area contributed by atoms with Crippen LogP contribution in [0.25, 0.3) is 0 Å². The lowest BCUT2D eigenvalue weighted by Gasteiger charge is -2.17. The Morgan fingerprint density at radius 2 is 2.30 bits per heavy atom.